The molecule has 2 aromatic carbocycles. The lowest BCUT2D eigenvalue weighted by Gasteiger charge is -2.25. The molecular formula is C22H20N4O2. The highest BCUT2D eigenvalue weighted by Crippen LogP contribution is 2.45. The third-order valence-electron chi connectivity index (χ3n) is 4.84. The van der Waals surface area contributed by atoms with Crippen molar-refractivity contribution in [3.63, 3.8) is 0 Å². The minimum atomic E-state index is -0.395. The van der Waals surface area contributed by atoms with Crippen LogP contribution in [0.1, 0.15) is 36.1 Å². The molecule has 3 N–H and O–H groups in total. The Hall–Kier alpha value is -3.72. The van der Waals surface area contributed by atoms with Crippen LogP contribution in [0.4, 0.5) is 0 Å². The molecule has 0 radical (unpaired) electrons. The minimum Gasteiger partial charge on any atom is -0.508 e. The monoisotopic (exact) mass is 372 g/mol. The summed E-state index contributed by atoms with van der Waals surface area (Å²) >= 11 is 0. The normalized spacial score (nSPS) is 15.6. The van der Waals surface area contributed by atoms with Gasteiger partial charge in [-0.2, -0.15) is 10.4 Å². The number of aryl methyl sites for hydroxylation is 1. The second kappa shape index (κ2) is 7.12. The maximum absolute atomic E-state index is 9.77. The number of phenolic OH excluding ortho intramolecular Hbond substituents is 1. The third-order valence-corrected chi connectivity index (χ3v) is 4.84. The van der Waals surface area contributed by atoms with Crippen LogP contribution in [0.5, 0.6) is 11.6 Å². The number of nitrogens with two attached hydrogens (primary N) is 1. The Bertz CT molecular complexity index is 1080. The number of rotatable bonds is 4. The molecule has 6 nitrogen and oxygen atoms in total. The van der Waals surface area contributed by atoms with Crippen molar-refractivity contribution < 1.29 is 9.84 Å². The van der Waals surface area contributed by atoms with Crippen molar-refractivity contribution in [3.8, 4) is 23.4 Å². The summed E-state index contributed by atoms with van der Waals surface area (Å²) in [5.41, 5.74) is 9.92. The molecule has 4 rings (SSSR count). The zero-order chi connectivity index (χ0) is 19.7. The van der Waals surface area contributed by atoms with E-state index in [1.165, 1.54) is 0 Å². The van der Waals surface area contributed by atoms with Gasteiger partial charge in [0.15, 0.2) is 0 Å². The largest absolute Gasteiger partial charge is 0.508 e. The lowest BCUT2D eigenvalue weighted by atomic mass is 9.83. The van der Waals surface area contributed by atoms with Gasteiger partial charge in [0.2, 0.25) is 11.8 Å². The number of hydrogen-bond acceptors (Lipinski definition) is 5. The van der Waals surface area contributed by atoms with Gasteiger partial charge in [0.25, 0.3) is 0 Å². The van der Waals surface area contributed by atoms with Gasteiger partial charge in [0.1, 0.15) is 17.4 Å². The van der Waals surface area contributed by atoms with Crippen LogP contribution < -0.4 is 10.5 Å². The number of allylic oxidation sites excluding steroid dienone is 1. The molecule has 0 aliphatic carbocycles. The molecule has 0 bridgehead atoms. The van der Waals surface area contributed by atoms with Crippen molar-refractivity contribution in [2.75, 3.05) is 0 Å². The average molecular weight is 372 g/mol. The number of benzene rings is 2. The van der Waals surface area contributed by atoms with Gasteiger partial charge in [0, 0.05) is 0 Å². The van der Waals surface area contributed by atoms with Crippen LogP contribution >= 0.6 is 0 Å². The number of hydrogen-bond donors (Lipinski definition) is 2. The van der Waals surface area contributed by atoms with Crippen LogP contribution in [0.15, 0.2) is 66.1 Å². The van der Waals surface area contributed by atoms with Crippen LogP contribution in [0.25, 0.3) is 5.69 Å². The number of aromatic nitrogens is 2. The maximum Gasteiger partial charge on any atom is 0.229 e. The molecule has 0 spiro atoms. The fraction of sp³-hybridized carbons (Fsp3) is 0.182. The molecule has 3 aromatic rings. The van der Waals surface area contributed by atoms with E-state index >= 15 is 0 Å². The standard InChI is InChI=1S/C22H20N4O2/c1-2-6-18-20-19(14-9-11-16(27)12-10-14)17(13-23)21(24)28-22(20)26(25-18)15-7-4-3-5-8-15/h3-5,7-12,19,27H,2,6,24H2,1H3/t19-/m0/s1. The van der Waals surface area contributed by atoms with E-state index in [0.717, 1.165) is 35.3 Å². The molecule has 1 aromatic heterocycles. The predicted molar refractivity (Wildman–Crippen MR) is 105 cm³/mol. The van der Waals surface area contributed by atoms with Gasteiger partial charge in [-0.25, -0.2) is 4.68 Å². The van der Waals surface area contributed by atoms with Gasteiger partial charge >= 0.3 is 0 Å². The highest BCUT2D eigenvalue weighted by molar-refractivity contribution is 5.57. The van der Waals surface area contributed by atoms with E-state index in [1.807, 2.05) is 30.3 Å². The number of nitrogens with zero attached hydrogens (tertiary/aromatic N) is 3. The Balaban J connectivity index is 1.97. The summed E-state index contributed by atoms with van der Waals surface area (Å²) in [6.07, 6.45) is 1.65. The Kier molecular flexibility index (Phi) is 4.50. The van der Waals surface area contributed by atoms with E-state index in [-0.39, 0.29) is 11.6 Å². The quantitative estimate of drug-likeness (QED) is 0.727. The van der Waals surface area contributed by atoms with E-state index in [2.05, 4.69) is 13.0 Å². The lowest BCUT2D eigenvalue weighted by Crippen LogP contribution is -2.22. The molecule has 0 saturated carbocycles. The number of phenols is 1. The second-order valence-corrected chi connectivity index (χ2v) is 6.68. The summed E-state index contributed by atoms with van der Waals surface area (Å²) in [6.45, 7) is 2.09. The lowest BCUT2D eigenvalue weighted by molar-refractivity contribution is 0.367. The van der Waals surface area contributed by atoms with E-state index < -0.39 is 5.92 Å². The molecule has 0 saturated heterocycles. The molecule has 1 atom stereocenters. The first-order valence-electron chi connectivity index (χ1n) is 9.17. The van der Waals surface area contributed by atoms with Crippen LogP contribution in [0.2, 0.25) is 0 Å². The summed E-state index contributed by atoms with van der Waals surface area (Å²) in [5.74, 6) is 0.381. The molecule has 2 heterocycles. The van der Waals surface area contributed by atoms with Crippen molar-refractivity contribution in [1.82, 2.24) is 9.78 Å². The zero-order valence-electron chi connectivity index (χ0n) is 15.5. The van der Waals surface area contributed by atoms with Crippen LogP contribution in [0.3, 0.4) is 0 Å². The molecule has 0 fully saturated rings. The number of fused-ring (bicyclic) bond motifs is 1. The number of aromatic hydroxyl groups is 1. The fourth-order valence-corrected chi connectivity index (χ4v) is 3.58. The first-order chi connectivity index (χ1) is 13.6. The van der Waals surface area contributed by atoms with Gasteiger partial charge in [-0.05, 0) is 36.2 Å². The van der Waals surface area contributed by atoms with Gasteiger partial charge in [0.05, 0.1) is 22.9 Å². The highest BCUT2D eigenvalue weighted by Gasteiger charge is 2.36. The summed E-state index contributed by atoms with van der Waals surface area (Å²) < 4.78 is 7.65. The molecule has 140 valence electrons. The summed E-state index contributed by atoms with van der Waals surface area (Å²) in [6, 6.07) is 18.7. The zero-order valence-corrected chi connectivity index (χ0v) is 15.5. The smallest absolute Gasteiger partial charge is 0.229 e. The van der Waals surface area contributed by atoms with Gasteiger partial charge in [-0.3, -0.25) is 0 Å². The minimum absolute atomic E-state index is 0.0770. The number of ether oxygens (including phenoxy) is 1. The molecule has 28 heavy (non-hydrogen) atoms. The SMILES string of the molecule is CCCc1nn(-c2ccccc2)c2c1[C@@H](c1ccc(O)cc1)C(C#N)=C(N)O2. The van der Waals surface area contributed by atoms with E-state index in [4.69, 9.17) is 15.6 Å². The van der Waals surface area contributed by atoms with Crippen LogP contribution in [-0.2, 0) is 6.42 Å². The Labute approximate surface area is 163 Å². The summed E-state index contributed by atoms with van der Waals surface area (Å²) in [4.78, 5) is 0. The van der Waals surface area contributed by atoms with E-state index in [0.29, 0.717) is 11.5 Å². The first kappa shape index (κ1) is 17.7. The molecule has 6 heteroatoms. The summed E-state index contributed by atoms with van der Waals surface area (Å²) in [5, 5.41) is 24.2. The Morgan fingerprint density at radius 3 is 2.54 bits per heavy atom. The van der Waals surface area contributed by atoms with Crippen molar-refractivity contribution in [2.45, 2.75) is 25.7 Å². The Morgan fingerprint density at radius 1 is 1.18 bits per heavy atom. The van der Waals surface area contributed by atoms with Crippen LogP contribution in [0, 0.1) is 11.3 Å². The second-order valence-electron chi connectivity index (χ2n) is 6.68. The van der Waals surface area contributed by atoms with Crippen molar-refractivity contribution in [2.24, 2.45) is 5.73 Å². The third kappa shape index (κ3) is 2.87. The maximum atomic E-state index is 9.77. The van der Waals surface area contributed by atoms with Gasteiger partial charge in [-0.1, -0.05) is 43.7 Å². The highest BCUT2D eigenvalue weighted by atomic mass is 16.5. The molecule has 1 aliphatic heterocycles. The fourth-order valence-electron chi connectivity index (χ4n) is 3.58. The topological polar surface area (TPSA) is 97.1 Å². The summed E-state index contributed by atoms with van der Waals surface area (Å²) in [7, 11) is 0. The molecular weight excluding hydrogens is 352 g/mol. The Morgan fingerprint density at radius 2 is 1.89 bits per heavy atom. The number of para-hydroxylation sites is 1. The first-order valence-corrected chi connectivity index (χ1v) is 9.17. The van der Waals surface area contributed by atoms with Gasteiger partial charge in [-0.15, -0.1) is 0 Å². The van der Waals surface area contributed by atoms with E-state index in [1.54, 1.807) is 28.9 Å². The molecule has 1 aliphatic rings. The van der Waals surface area contributed by atoms with Gasteiger partial charge < -0.3 is 15.6 Å². The van der Waals surface area contributed by atoms with E-state index in [9.17, 15) is 10.4 Å². The predicted octanol–water partition coefficient (Wildman–Crippen LogP) is 3.75. The number of nitriles is 1. The van der Waals surface area contributed by atoms with Crippen molar-refractivity contribution in [3.05, 3.63) is 82.9 Å². The van der Waals surface area contributed by atoms with Crippen LogP contribution in [-0.4, -0.2) is 14.9 Å². The van der Waals surface area contributed by atoms with Crippen molar-refractivity contribution in [1.29, 1.82) is 5.26 Å². The molecule has 0 unspecified atom stereocenters. The molecule has 0 amide bonds. The average Bonchev–Trinajstić information content (AvgIpc) is 3.06. The van der Waals surface area contributed by atoms with Crippen molar-refractivity contribution >= 4 is 0 Å².